The lowest BCUT2D eigenvalue weighted by Gasteiger charge is -2.34. The third kappa shape index (κ3) is 6.63. The molecule has 0 spiro atoms. The molecule has 0 bridgehead atoms. The molecule has 0 aliphatic carbocycles. The second-order valence-corrected chi connectivity index (χ2v) is 7.75. The Labute approximate surface area is 159 Å². The predicted octanol–water partition coefficient (Wildman–Crippen LogP) is 2.57. The van der Waals surface area contributed by atoms with Crippen LogP contribution in [0.3, 0.4) is 0 Å². The maximum atomic E-state index is 4.84. The van der Waals surface area contributed by atoms with Crippen molar-refractivity contribution in [2.24, 2.45) is 10.9 Å². The molecule has 2 heterocycles. The molecule has 26 heavy (non-hydrogen) atoms. The van der Waals surface area contributed by atoms with E-state index < -0.39 is 0 Å². The number of nitrogens with zero attached hydrogens (tertiary/aromatic N) is 4. The van der Waals surface area contributed by atoms with E-state index in [1.165, 1.54) is 31.6 Å². The maximum Gasteiger partial charge on any atom is 0.191 e. The molecule has 1 fully saturated rings. The van der Waals surface area contributed by atoms with E-state index in [2.05, 4.69) is 59.1 Å². The van der Waals surface area contributed by atoms with Gasteiger partial charge >= 0.3 is 0 Å². The lowest BCUT2D eigenvalue weighted by Crippen LogP contribution is -2.42. The van der Waals surface area contributed by atoms with E-state index in [1.807, 2.05) is 6.92 Å². The minimum atomic E-state index is 0.641. The summed E-state index contributed by atoms with van der Waals surface area (Å²) in [5.74, 6) is 1.62. The largest absolute Gasteiger partial charge is 0.357 e. The summed E-state index contributed by atoms with van der Waals surface area (Å²) in [6.07, 6.45) is 3.63. The van der Waals surface area contributed by atoms with Crippen LogP contribution < -0.4 is 10.6 Å². The van der Waals surface area contributed by atoms with Gasteiger partial charge in [-0.15, -0.1) is 0 Å². The fourth-order valence-corrected chi connectivity index (χ4v) is 3.61. The third-order valence-electron chi connectivity index (χ3n) is 5.08. The number of guanidine groups is 1. The number of rotatable bonds is 8. The van der Waals surface area contributed by atoms with Gasteiger partial charge < -0.3 is 15.5 Å². The van der Waals surface area contributed by atoms with Gasteiger partial charge in [0, 0.05) is 44.5 Å². The van der Waals surface area contributed by atoms with Crippen LogP contribution in [0.15, 0.2) is 11.1 Å². The Morgan fingerprint density at radius 2 is 2.15 bits per heavy atom. The van der Waals surface area contributed by atoms with Gasteiger partial charge in [0.25, 0.3) is 0 Å². The molecule has 1 atom stereocenters. The Hall–Kier alpha value is -1.56. The number of hydrogen-bond donors (Lipinski definition) is 2. The highest BCUT2D eigenvalue weighted by molar-refractivity contribution is 5.79. The molecule has 2 N–H and O–H groups in total. The predicted molar refractivity (Wildman–Crippen MR) is 110 cm³/mol. The fraction of sp³-hybridized carbons (Fsp3) is 0.800. The molecule has 1 saturated heterocycles. The Morgan fingerprint density at radius 1 is 1.35 bits per heavy atom. The van der Waals surface area contributed by atoms with Gasteiger partial charge in [0.05, 0.1) is 5.69 Å². The minimum Gasteiger partial charge on any atom is -0.357 e. The van der Waals surface area contributed by atoms with Crippen LogP contribution >= 0.6 is 0 Å². The van der Waals surface area contributed by atoms with Gasteiger partial charge in [-0.25, -0.2) is 0 Å². The number of hydrogen-bond acceptors (Lipinski definition) is 3. The first kappa shape index (κ1) is 20.7. The van der Waals surface area contributed by atoms with Crippen LogP contribution in [0.2, 0.25) is 0 Å². The van der Waals surface area contributed by atoms with E-state index in [1.54, 1.807) is 0 Å². The molecular weight excluding hydrogens is 324 g/mol. The summed E-state index contributed by atoms with van der Waals surface area (Å²) in [4.78, 5) is 7.42. The first-order valence-corrected chi connectivity index (χ1v) is 10.3. The molecule has 0 aromatic carbocycles. The Bertz CT molecular complexity index is 563. The van der Waals surface area contributed by atoms with Crippen molar-refractivity contribution in [2.75, 3.05) is 32.7 Å². The van der Waals surface area contributed by atoms with Crippen LogP contribution in [0.5, 0.6) is 0 Å². The summed E-state index contributed by atoms with van der Waals surface area (Å²) in [5.41, 5.74) is 2.32. The average Bonchev–Trinajstić information content (AvgIpc) is 2.94. The Kier molecular flexibility index (Phi) is 8.42. The van der Waals surface area contributed by atoms with Gasteiger partial charge in [0.1, 0.15) is 0 Å². The van der Waals surface area contributed by atoms with Gasteiger partial charge in [0.15, 0.2) is 5.96 Å². The third-order valence-corrected chi connectivity index (χ3v) is 5.08. The molecule has 148 valence electrons. The molecule has 6 heteroatoms. The summed E-state index contributed by atoms with van der Waals surface area (Å²) < 4.78 is 2.09. The quantitative estimate of drug-likeness (QED) is 0.424. The monoisotopic (exact) mass is 362 g/mol. The fourth-order valence-electron chi connectivity index (χ4n) is 3.61. The van der Waals surface area contributed by atoms with Crippen molar-refractivity contribution in [3.05, 3.63) is 17.5 Å². The van der Waals surface area contributed by atoms with Crippen LogP contribution in [0.25, 0.3) is 0 Å². The van der Waals surface area contributed by atoms with E-state index >= 15 is 0 Å². The zero-order valence-electron chi connectivity index (χ0n) is 17.4. The van der Waals surface area contributed by atoms with Crippen molar-refractivity contribution >= 4 is 5.96 Å². The molecule has 1 aromatic heterocycles. The normalized spacial score (nSPS) is 19.2. The lowest BCUT2D eigenvalue weighted by molar-refractivity contribution is 0.143. The molecular formula is C20H38N6. The molecule has 6 nitrogen and oxygen atoms in total. The van der Waals surface area contributed by atoms with Crippen LogP contribution in [-0.4, -0.2) is 59.4 Å². The van der Waals surface area contributed by atoms with Crippen molar-refractivity contribution in [3.8, 4) is 0 Å². The molecule has 0 amide bonds. The molecule has 2 rings (SSSR count). The first-order valence-electron chi connectivity index (χ1n) is 10.3. The van der Waals surface area contributed by atoms with Crippen LogP contribution in [0.4, 0.5) is 0 Å². The minimum absolute atomic E-state index is 0.641. The van der Waals surface area contributed by atoms with Gasteiger partial charge in [-0.3, -0.25) is 9.67 Å². The number of aliphatic imine (C=N–C) groups is 1. The number of aromatic nitrogens is 2. The van der Waals surface area contributed by atoms with Crippen LogP contribution in [0, 0.1) is 19.8 Å². The van der Waals surface area contributed by atoms with Crippen molar-refractivity contribution in [1.29, 1.82) is 0 Å². The first-order chi connectivity index (χ1) is 12.5. The zero-order valence-corrected chi connectivity index (χ0v) is 17.4. The highest BCUT2D eigenvalue weighted by atomic mass is 15.3. The Morgan fingerprint density at radius 3 is 2.81 bits per heavy atom. The topological polar surface area (TPSA) is 57.5 Å². The van der Waals surface area contributed by atoms with Crippen molar-refractivity contribution in [3.63, 3.8) is 0 Å². The van der Waals surface area contributed by atoms with Crippen molar-refractivity contribution < 1.29 is 0 Å². The molecule has 0 radical (unpaired) electrons. The van der Waals surface area contributed by atoms with Gasteiger partial charge in [-0.1, -0.05) is 0 Å². The maximum absolute atomic E-state index is 4.84. The smallest absolute Gasteiger partial charge is 0.191 e. The number of aryl methyl sites for hydroxylation is 3. The molecule has 1 aromatic rings. The summed E-state index contributed by atoms with van der Waals surface area (Å²) >= 11 is 0. The van der Waals surface area contributed by atoms with E-state index in [4.69, 9.17) is 4.99 Å². The second-order valence-electron chi connectivity index (χ2n) is 7.75. The number of nitrogens with one attached hydrogen (secondary N) is 2. The number of piperidine rings is 1. The van der Waals surface area contributed by atoms with E-state index in [-0.39, 0.29) is 0 Å². The van der Waals surface area contributed by atoms with E-state index in [0.717, 1.165) is 44.3 Å². The molecule has 0 saturated carbocycles. The molecule has 1 aliphatic rings. The summed E-state index contributed by atoms with van der Waals surface area (Å²) in [6, 6.07) is 2.77. The summed E-state index contributed by atoms with van der Waals surface area (Å²) in [6.45, 7) is 16.9. The van der Waals surface area contributed by atoms with Crippen molar-refractivity contribution in [2.45, 2.75) is 66.5 Å². The highest BCUT2D eigenvalue weighted by Gasteiger charge is 2.21. The summed E-state index contributed by atoms with van der Waals surface area (Å²) in [5, 5.41) is 11.4. The van der Waals surface area contributed by atoms with Crippen LogP contribution in [0.1, 0.15) is 51.4 Å². The zero-order chi connectivity index (χ0) is 18.9. The van der Waals surface area contributed by atoms with Gasteiger partial charge in [-0.05, 0) is 72.4 Å². The number of likely N-dealkylation sites (tertiary alicyclic amines) is 1. The molecule has 1 unspecified atom stereocenters. The lowest BCUT2D eigenvalue weighted by atomic mass is 9.97. The molecule has 1 aliphatic heterocycles. The van der Waals surface area contributed by atoms with E-state index in [0.29, 0.717) is 12.0 Å². The van der Waals surface area contributed by atoms with E-state index in [9.17, 15) is 0 Å². The SMILES string of the molecule is CCNC(=NCC1CCCN(C(C)C)C1)NCCCn1nc(C)cc1C. The van der Waals surface area contributed by atoms with Crippen LogP contribution in [-0.2, 0) is 6.54 Å². The highest BCUT2D eigenvalue weighted by Crippen LogP contribution is 2.18. The second kappa shape index (κ2) is 10.6. The van der Waals surface area contributed by atoms with Crippen molar-refractivity contribution in [1.82, 2.24) is 25.3 Å². The Balaban J connectivity index is 1.76. The standard InChI is InChI=1S/C20H38N6/c1-6-21-20(22-10-8-12-26-18(5)13-17(4)24-26)23-14-19-9-7-11-25(15-19)16(2)3/h13,16,19H,6-12,14-15H2,1-5H3,(H2,21,22,23). The average molecular weight is 363 g/mol. The van der Waals surface area contributed by atoms with Gasteiger partial charge in [-0.2, -0.15) is 5.10 Å². The summed E-state index contributed by atoms with van der Waals surface area (Å²) in [7, 11) is 0. The van der Waals surface area contributed by atoms with Gasteiger partial charge in [0.2, 0.25) is 0 Å².